The van der Waals surface area contributed by atoms with Gasteiger partial charge < -0.3 is 9.72 Å². The molecule has 0 aliphatic heterocycles. The van der Waals surface area contributed by atoms with Crippen LogP contribution in [0.25, 0.3) is 22.0 Å². The minimum Gasteiger partial charge on any atom is -0.495 e. The molecule has 27 heavy (non-hydrogen) atoms. The molecule has 0 aliphatic rings. The van der Waals surface area contributed by atoms with Crippen LogP contribution in [0.15, 0.2) is 83.7 Å². The van der Waals surface area contributed by atoms with E-state index in [2.05, 4.69) is 4.98 Å². The maximum absolute atomic E-state index is 12.9. The van der Waals surface area contributed by atoms with Gasteiger partial charge in [0.25, 0.3) is 0 Å². The maximum Gasteiger partial charge on any atom is 0.249 e. The van der Waals surface area contributed by atoms with Crippen molar-refractivity contribution in [2.45, 2.75) is 0 Å². The summed E-state index contributed by atoms with van der Waals surface area (Å²) in [6.07, 6.45) is 0. The van der Waals surface area contributed by atoms with Crippen LogP contribution in [0, 0.1) is 0 Å². The van der Waals surface area contributed by atoms with Crippen molar-refractivity contribution in [1.29, 1.82) is 0 Å². The van der Waals surface area contributed by atoms with Crippen molar-refractivity contribution in [1.82, 2.24) is 4.98 Å². The first-order valence-corrected chi connectivity index (χ1v) is 8.57. The topological polar surface area (TPSA) is 59.2 Å². The first-order valence-electron chi connectivity index (χ1n) is 8.57. The molecule has 0 aliphatic carbocycles. The summed E-state index contributed by atoms with van der Waals surface area (Å²) in [5.74, 6) is 0.364. The van der Waals surface area contributed by atoms with Gasteiger partial charge in [-0.3, -0.25) is 9.59 Å². The Morgan fingerprint density at radius 2 is 1.52 bits per heavy atom. The molecule has 0 unspecified atom stereocenters. The number of carbonyl (C=O) groups excluding carboxylic acids is 1. The Bertz CT molecular complexity index is 1180. The summed E-state index contributed by atoms with van der Waals surface area (Å²) >= 11 is 0. The molecule has 0 fully saturated rings. The van der Waals surface area contributed by atoms with Crippen LogP contribution in [0.5, 0.6) is 5.75 Å². The van der Waals surface area contributed by atoms with E-state index >= 15 is 0 Å². The highest BCUT2D eigenvalue weighted by atomic mass is 16.5. The summed E-state index contributed by atoms with van der Waals surface area (Å²) in [5.41, 5.74) is 3.13. The summed E-state index contributed by atoms with van der Waals surface area (Å²) < 4.78 is 5.48. The maximum atomic E-state index is 12.9. The summed E-state index contributed by atoms with van der Waals surface area (Å²) in [4.78, 5) is 28.0. The smallest absolute Gasteiger partial charge is 0.249 e. The summed E-state index contributed by atoms with van der Waals surface area (Å²) in [6.45, 7) is 0. The van der Waals surface area contributed by atoms with Crippen LogP contribution >= 0.6 is 0 Å². The lowest BCUT2D eigenvalue weighted by atomic mass is 9.96. The number of hydrogen-bond donors (Lipinski definition) is 1. The van der Waals surface area contributed by atoms with Gasteiger partial charge in [-0.25, -0.2) is 0 Å². The molecule has 0 bridgehead atoms. The highest BCUT2D eigenvalue weighted by Crippen LogP contribution is 2.33. The van der Waals surface area contributed by atoms with Gasteiger partial charge in [0.15, 0.2) is 5.78 Å². The fourth-order valence-electron chi connectivity index (χ4n) is 3.23. The predicted octanol–water partition coefficient (Wildman–Crippen LogP) is 4.43. The minimum atomic E-state index is -0.221. The number of pyridine rings is 1. The third kappa shape index (κ3) is 3.13. The number of aromatic nitrogens is 1. The number of rotatable bonds is 4. The molecule has 4 rings (SSSR count). The molecule has 4 nitrogen and oxygen atoms in total. The van der Waals surface area contributed by atoms with E-state index in [1.54, 1.807) is 24.3 Å². The molecule has 0 amide bonds. The second-order valence-corrected chi connectivity index (χ2v) is 6.21. The van der Waals surface area contributed by atoms with Crippen LogP contribution in [0.4, 0.5) is 0 Å². The molecule has 1 aromatic heterocycles. The van der Waals surface area contributed by atoms with Crippen molar-refractivity contribution in [2.24, 2.45) is 0 Å². The zero-order chi connectivity index (χ0) is 18.8. The van der Waals surface area contributed by atoms with Gasteiger partial charge in [0.1, 0.15) is 5.75 Å². The van der Waals surface area contributed by atoms with Crippen LogP contribution in [0.3, 0.4) is 0 Å². The number of fused-ring (bicyclic) bond motifs is 1. The van der Waals surface area contributed by atoms with Gasteiger partial charge in [0.2, 0.25) is 5.56 Å². The number of benzene rings is 3. The summed E-state index contributed by atoms with van der Waals surface area (Å²) in [7, 11) is 1.53. The third-order valence-electron chi connectivity index (χ3n) is 4.52. The van der Waals surface area contributed by atoms with Gasteiger partial charge in [0.05, 0.1) is 12.6 Å². The number of aromatic amines is 1. The van der Waals surface area contributed by atoms with Crippen molar-refractivity contribution in [3.8, 4) is 16.9 Å². The van der Waals surface area contributed by atoms with Crippen molar-refractivity contribution in [3.05, 3.63) is 100 Å². The van der Waals surface area contributed by atoms with Crippen molar-refractivity contribution < 1.29 is 9.53 Å². The van der Waals surface area contributed by atoms with E-state index in [0.717, 1.165) is 16.5 Å². The van der Waals surface area contributed by atoms with E-state index in [1.165, 1.54) is 7.11 Å². The fourth-order valence-corrected chi connectivity index (χ4v) is 3.23. The highest BCUT2D eigenvalue weighted by Gasteiger charge is 2.16. The molecule has 4 aromatic rings. The number of ether oxygens (including phenoxy) is 1. The Morgan fingerprint density at radius 3 is 2.19 bits per heavy atom. The molecular formula is C23H17NO3. The molecule has 0 saturated heterocycles. The van der Waals surface area contributed by atoms with Gasteiger partial charge in [0, 0.05) is 22.6 Å². The Morgan fingerprint density at radius 1 is 0.852 bits per heavy atom. The molecule has 0 spiro atoms. The quantitative estimate of drug-likeness (QED) is 0.551. The van der Waals surface area contributed by atoms with Crippen LogP contribution in [0.1, 0.15) is 15.9 Å². The largest absolute Gasteiger partial charge is 0.495 e. The average Bonchev–Trinajstić information content (AvgIpc) is 2.73. The van der Waals surface area contributed by atoms with E-state index in [0.29, 0.717) is 22.4 Å². The van der Waals surface area contributed by atoms with Gasteiger partial charge in [-0.05, 0) is 23.3 Å². The minimum absolute atomic E-state index is 0.0963. The lowest BCUT2D eigenvalue weighted by molar-refractivity contribution is 0.103. The first-order chi connectivity index (χ1) is 13.2. The SMILES string of the molecule is COc1cc(C(=O)c2ccccc2)cc2c(-c3ccccc3)cc(=O)[nH]c12. The Kier molecular flexibility index (Phi) is 4.30. The first kappa shape index (κ1) is 16.8. The van der Waals surface area contributed by atoms with Crippen molar-refractivity contribution >= 4 is 16.7 Å². The standard InChI is InChI=1S/C23H17NO3/c1-27-20-13-17(23(26)16-10-6-3-7-11-16)12-19-18(14-21(25)24-22(19)20)15-8-4-2-5-9-15/h2-14H,1H3,(H,24,25). The van der Waals surface area contributed by atoms with Gasteiger partial charge in [-0.1, -0.05) is 60.7 Å². The predicted molar refractivity (Wildman–Crippen MR) is 106 cm³/mol. The van der Waals surface area contributed by atoms with Crippen LogP contribution in [0.2, 0.25) is 0 Å². The molecule has 0 saturated carbocycles. The second-order valence-electron chi connectivity index (χ2n) is 6.21. The monoisotopic (exact) mass is 355 g/mol. The molecule has 3 aromatic carbocycles. The molecule has 4 heteroatoms. The van der Waals surface area contributed by atoms with Crippen LogP contribution in [-0.4, -0.2) is 17.9 Å². The Balaban J connectivity index is 2.00. The molecule has 132 valence electrons. The molecular weight excluding hydrogens is 338 g/mol. The zero-order valence-corrected chi connectivity index (χ0v) is 14.7. The normalized spacial score (nSPS) is 10.7. The molecule has 1 heterocycles. The Labute approximate surface area is 156 Å². The molecule has 1 N–H and O–H groups in total. The number of H-pyrrole nitrogens is 1. The van der Waals surface area contributed by atoms with E-state index < -0.39 is 0 Å². The van der Waals surface area contributed by atoms with Gasteiger partial charge in [-0.15, -0.1) is 0 Å². The van der Waals surface area contributed by atoms with Crippen LogP contribution in [-0.2, 0) is 0 Å². The number of ketones is 1. The molecule has 0 radical (unpaired) electrons. The number of methoxy groups -OCH3 is 1. The lowest BCUT2D eigenvalue weighted by Crippen LogP contribution is -2.08. The summed E-state index contributed by atoms with van der Waals surface area (Å²) in [6, 6.07) is 23.8. The summed E-state index contributed by atoms with van der Waals surface area (Å²) in [5, 5.41) is 0.763. The van der Waals surface area contributed by atoms with Crippen molar-refractivity contribution in [2.75, 3.05) is 7.11 Å². The van der Waals surface area contributed by atoms with Gasteiger partial charge in [-0.2, -0.15) is 0 Å². The number of hydrogen-bond acceptors (Lipinski definition) is 3. The fraction of sp³-hybridized carbons (Fsp3) is 0.0435. The highest BCUT2D eigenvalue weighted by molar-refractivity contribution is 6.12. The second kappa shape index (κ2) is 6.92. The van der Waals surface area contributed by atoms with Crippen LogP contribution < -0.4 is 10.3 Å². The van der Waals surface area contributed by atoms with Gasteiger partial charge >= 0.3 is 0 Å². The van der Waals surface area contributed by atoms with E-state index in [4.69, 9.17) is 4.74 Å². The zero-order valence-electron chi connectivity index (χ0n) is 14.7. The van der Waals surface area contributed by atoms with E-state index in [-0.39, 0.29) is 11.3 Å². The number of nitrogens with one attached hydrogen (secondary N) is 1. The van der Waals surface area contributed by atoms with E-state index in [1.807, 2.05) is 54.6 Å². The average molecular weight is 355 g/mol. The Hall–Kier alpha value is -3.66. The lowest BCUT2D eigenvalue weighted by Gasteiger charge is -2.12. The number of carbonyl (C=O) groups is 1. The molecule has 0 atom stereocenters. The van der Waals surface area contributed by atoms with Crippen molar-refractivity contribution in [3.63, 3.8) is 0 Å². The third-order valence-corrected chi connectivity index (χ3v) is 4.52. The van der Waals surface area contributed by atoms with E-state index in [9.17, 15) is 9.59 Å².